The number of benzene rings is 1. The van der Waals surface area contributed by atoms with E-state index in [9.17, 15) is 13.2 Å². The summed E-state index contributed by atoms with van der Waals surface area (Å²) in [4.78, 5) is 4.30. The number of nitrogens with zero attached hydrogens (tertiary/aromatic N) is 1. The quantitative estimate of drug-likeness (QED) is 0.848. The van der Waals surface area contributed by atoms with Crippen LogP contribution < -0.4 is 11.1 Å². The molecule has 1 aliphatic rings. The van der Waals surface area contributed by atoms with Crippen LogP contribution in [0.25, 0.3) is 10.9 Å². The predicted molar refractivity (Wildman–Crippen MR) is 76.0 cm³/mol. The van der Waals surface area contributed by atoms with Gasteiger partial charge in [-0.1, -0.05) is 12.1 Å². The molecule has 2 heterocycles. The molecule has 1 saturated heterocycles. The van der Waals surface area contributed by atoms with Crippen LogP contribution in [0.15, 0.2) is 24.3 Å². The summed E-state index contributed by atoms with van der Waals surface area (Å²) >= 11 is 0. The maximum Gasteiger partial charge on any atom is 0.418 e. The van der Waals surface area contributed by atoms with Gasteiger partial charge in [-0.15, -0.1) is 0 Å². The highest BCUT2D eigenvalue weighted by molar-refractivity contribution is 5.92. The minimum Gasteiger partial charge on any atom is -0.398 e. The SMILES string of the molecule is Nc1cc(C2CCNCC2)nc2c(C(F)(F)F)cccc12. The Hall–Kier alpha value is -1.82. The van der Waals surface area contributed by atoms with Gasteiger partial charge in [0.1, 0.15) is 0 Å². The second-order valence-electron chi connectivity index (χ2n) is 5.36. The van der Waals surface area contributed by atoms with E-state index in [1.54, 1.807) is 12.1 Å². The highest BCUT2D eigenvalue weighted by atomic mass is 19.4. The summed E-state index contributed by atoms with van der Waals surface area (Å²) in [7, 11) is 0. The van der Waals surface area contributed by atoms with Crippen LogP contribution in [0.5, 0.6) is 0 Å². The maximum absolute atomic E-state index is 13.1. The van der Waals surface area contributed by atoms with E-state index in [4.69, 9.17) is 5.73 Å². The van der Waals surface area contributed by atoms with E-state index < -0.39 is 11.7 Å². The van der Waals surface area contributed by atoms with Crippen molar-refractivity contribution in [2.24, 2.45) is 0 Å². The molecule has 1 aromatic carbocycles. The summed E-state index contributed by atoms with van der Waals surface area (Å²) in [5.41, 5.74) is 6.22. The molecule has 21 heavy (non-hydrogen) atoms. The van der Waals surface area contributed by atoms with Crippen LogP contribution in [-0.4, -0.2) is 18.1 Å². The van der Waals surface area contributed by atoms with Crippen LogP contribution >= 0.6 is 0 Å². The summed E-state index contributed by atoms with van der Waals surface area (Å²) in [6, 6.07) is 5.73. The third-order valence-electron chi connectivity index (χ3n) is 3.95. The Balaban J connectivity index is 2.16. The Morgan fingerprint density at radius 3 is 2.57 bits per heavy atom. The van der Waals surface area contributed by atoms with E-state index in [1.807, 2.05) is 0 Å². The molecule has 2 aromatic rings. The monoisotopic (exact) mass is 295 g/mol. The number of hydrogen-bond acceptors (Lipinski definition) is 3. The topological polar surface area (TPSA) is 50.9 Å². The van der Waals surface area contributed by atoms with Gasteiger partial charge in [-0.2, -0.15) is 13.2 Å². The number of nitrogens with one attached hydrogen (secondary N) is 1. The van der Waals surface area contributed by atoms with Gasteiger partial charge in [-0.05, 0) is 38.1 Å². The van der Waals surface area contributed by atoms with Crippen molar-refractivity contribution in [2.45, 2.75) is 24.9 Å². The van der Waals surface area contributed by atoms with Crippen molar-refractivity contribution in [3.8, 4) is 0 Å². The first-order valence-corrected chi connectivity index (χ1v) is 6.94. The summed E-state index contributed by atoms with van der Waals surface area (Å²) in [5, 5.41) is 3.60. The fourth-order valence-electron chi connectivity index (χ4n) is 2.85. The van der Waals surface area contributed by atoms with Gasteiger partial charge in [0.2, 0.25) is 0 Å². The molecule has 1 aliphatic heterocycles. The number of aromatic nitrogens is 1. The molecule has 6 heteroatoms. The molecule has 0 spiro atoms. The molecule has 0 aliphatic carbocycles. The molecule has 1 fully saturated rings. The molecule has 3 nitrogen and oxygen atoms in total. The van der Waals surface area contributed by atoms with E-state index >= 15 is 0 Å². The fraction of sp³-hybridized carbons (Fsp3) is 0.400. The first-order valence-electron chi connectivity index (χ1n) is 6.94. The molecule has 3 rings (SSSR count). The highest BCUT2D eigenvalue weighted by Crippen LogP contribution is 2.37. The lowest BCUT2D eigenvalue weighted by molar-refractivity contribution is -0.136. The van der Waals surface area contributed by atoms with Crippen molar-refractivity contribution in [3.05, 3.63) is 35.5 Å². The fourth-order valence-corrected chi connectivity index (χ4v) is 2.85. The lowest BCUT2D eigenvalue weighted by Gasteiger charge is -2.23. The molecular formula is C15H16F3N3. The van der Waals surface area contributed by atoms with Crippen LogP contribution in [-0.2, 0) is 6.18 Å². The second-order valence-corrected chi connectivity index (χ2v) is 5.36. The molecular weight excluding hydrogens is 279 g/mol. The smallest absolute Gasteiger partial charge is 0.398 e. The van der Waals surface area contributed by atoms with Crippen molar-refractivity contribution >= 4 is 16.6 Å². The van der Waals surface area contributed by atoms with Gasteiger partial charge >= 0.3 is 6.18 Å². The zero-order valence-corrected chi connectivity index (χ0v) is 11.4. The maximum atomic E-state index is 13.1. The van der Waals surface area contributed by atoms with Crippen molar-refractivity contribution in [1.82, 2.24) is 10.3 Å². The minimum atomic E-state index is -4.42. The molecule has 0 amide bonds. The van der Waals surface area contributed by atoms with Crippen LogP contribution in [0.1, 0.15) is 30.0 Å². The van der Waals surface area contributed by atoms with Crippen LogP contribution in [0, 0.1) is 0 Å². The van der Waals surface area contributed by atoms with Crippen LogP contribution in [0.4, 0.5) is 18.9 Å². The van der Waals surface area contributed by atoms with E-state index in [0.29, 0.717) is 16.8 Å². The highest BCUT2D eigenvalue weighted by Gasteiger charge is 2.33. The van der Waals surface area contributed by atoms with Crippen molar-refractivity contribution in [3.63, 3.8) is 0 Å². The van der Waals surface area contributed by atoms with E-state index in [0.717, 1.165) is 32.0 Å². The average Bonchev–Trinajstić information content (AvgIpc) is 2.46. The summed E-state index contributed by atoms with van der Waals surface area (Å²) < 4.78 is 39.4. The molecule has 0 saturated carbocycles. The first-order chi connectivity index (χ1) is 9.97. The Morgan fingerprint density at radius 2 is 1.90 bits per heavy atom. The molecule has 0 radical (unpaired) electrons. The van der Waals surface area contributed by atoms with Gasteiger partial charge in [-0.25, -0.2) is 0 Å². The third-order valence-corrected chi connectivity index (χ3v) is 3.95. The molecule has 0 bridgehead atoms. The van der Waals surface area contributed by atoms with Crippen molar-refractivity contribution < 1.29 is 13.2 Å². The number of alkyl halides is 3. The number of nitrogen functional groups attached to an aromatic ring is 1. The van der Waals surface area contributed by atoms with Gasteiger partial charge in [0.05, 0.1) is 11.1 Å². The second kappa shape index (κ2) is 5.18. The Kier molecular flexibility index (Phi) is 3.49. The summed E-state index contributed by atoms with van der Waals surface area (Å²) in [6.45, 7) is 1.70. The predicted octanol–water partition coefficient (Wildman–Crippen LogP) is 3.30. The molecule has 0 unspecified atom stereocenters. The van der Waals surface area contributed by atoms with Gasteiger partial charge in [-0.3, -0.25) is 4.98 Å². The standard InChI is InChI=1S/C15H16F3N3/c16-15(17,18)11-3-1-2-10-12(19)8-13(21-14(10)11)9-4-6-20-7-5-9/h1-3,8-9,20H,4-7H2,(H2,19,21). The Bertz CT molecular complexity index is 661. The minimum absolute atomic E-state index is 0.0430. The third kappa shape index (κ3) is 2.68. The van der Waals surface area contributed by atoms with Crippen LogP contribution in [0.2, 0.25) is 0 Å². The number of pyridine rings is 1. The first kappa shape index (κ1) is 14.1. The van der Waals surface area contributed by atoms with Gasteiger partial charge in [0, 0.05) is 22.7 Å². The Morgan fingerprint density at radius 1 is 1.19 bits per heavy atom. The number of hydrogen-bond donors (Lipinski definition) is 2. The zero-order valence-electron chi connectivity index (χ0n) is 11.4. The van der Waals surface area contributed by atoms with E-state index in [1.165, 1.54) is 6.07 Å². The number of halogens is 3. The number of anilines is 1. The van der Waals surface area contributed by atoms with Gasteiger partial charge in [0.25, 0.3) is 0 Å². The number of piperidine rings is 1. The molecule has 0 atom stereocenters. The molecule has 1 aromatic heterocycles. The van der Waals surface area contributed by atoms with Gasteiger partial charge < -0.3 is 11.1 Å². The molecule has 3 N–H and O–H groups in total. The number of rotatable bonds is 1. The summed E-state index contributed by atoms with van der Waals surface area (Å²) in [5.74, 6) is 0.166. The number of fused-ring (bicyclic) bond motifs is 1. The van der Waals surface area contributed by atoms with Crippen molar-refractivity contribution in [2.75, 3.05) is 18.8 Å². The largest absolute Gasteiger partial charge is 0.418 e. The average molecular weight is 295 g/mol. The number of nitrogens with two attached hydrogens (primary N) is 1. The van der Waals surface area contributed by atoms with E-state index in [2.05, 4.69) is 10.3 Å². The zero-order chi connectivity index (χ0) is 15.0. The number of para-hydroxylation sites is 1. The normalized spacial score (nSPS) is 17.3. The summed E-state index contributed by atoms with van der Waals surface area (Å²) in [6.07, 6.45) is -2.69. The van der Waals surface area contributed by atoms with Crippen LogP contribution in [0.3, 0.4) is 0 Å². The lowest BCUT2D eigenvalue weighted by atomic mass is 9.93. The lowest BCUT2D eigenvalue weighted by Crippen LogP contribution is -2.27. The van der Waals surface area contributed by atoms with Crippen molar-refractivity contribution in [1.29, 1.82) is 0 Å². The van der Waals surface area contributed by atoms with Gasteiger partial charge in [0.15, 0.2) is 0 Å². The van der Waals surface area contributed by atoms with E-state index in [-0.39, 0.29) is 11.4 Å². The Labute approximate surface area is 120 Å². The molecule has 112 valence electrons.